The van der Waals surface area contributed by atoms with E-state index in [9.17, 15) is 19.8 Å². The van der Waals surface area contributed by atoms with Crippen LogP contribution in [0.5, 0.6) is 11.5 Å². The molecule has 0 saturated carbocycles. The lowest BCUT2D eigenvalue weighted by molar-refractivity contribution is -0.132. The maximum atomic E-state index is 12.1. The number of amides is 2. The van der Waals surface area contributed by atoms with Crippen molar-refractivity contribution in [3.63, 3.8) is 0 Å². The number of nitrogens with one attached hydrogen (secondary N) is 2. The van der Waals surface area contributed by atoms with Gasteiger partial charge in [0, 0.05) is 22.1 Å². The van der Waals surface area contributed by atoms with Crippen LogP contribution in [0.2, 0.25) is 0 Å². The first-order valence-electron chi connectivity index (χ1n) is 7.16. The maximum Gasteiger partial charge on any atom is 0.314 e. The Morgan fingerprint density at radius 1 is 0.708 bits per heavy atom. The zero-order valence-electron chi connectivity index (χ0n) is 12.5. The molecule has 0 aromatic heterocycles. The highest BCUT2D eigenvalue weighted by Crippen LogP contribution is 2.29. The summed E-state index contributed by atoms with van der Waals surface area (Å²) in [5.74, 6) is -1.51. The van der Waals surface area contributed by atoms with Crippen molar-refractivity contribution in [3.05, 3.63) is 60.7 Å². The molecule has 3 aromatic carbocycles. The van der Waals surface area contributed by atoms with Crippen molar-refractivity contribution in [1.29, 1.82) is 0 Å². The lowest BCUT2D eigenvalue weighted by atomic mass is 10.1. The Morgan fingerprint density at radius 2 is 1.33 bits per heavy atom. The zero-order valence-corrected chi connectivity index (χ0v) is 12.5. The van der Waals surface area contributed by atoms with Crippen LogP contribution >= 0.6 is 0 Å². The number of anilines is 2. The van der Waals surface area contributed by atoms with Crippen molar-refractivity contribution < 1.29 is 19.8 Å². The molecule has 4 N–H and O–H groups in total. The van der Waals surface area contributed by atoms with Crippen LogP contribution in [0.25, 0.3) is 10.8 Å². The lowest BCUT2D eigenvalue weighted by Gasteiger charge is -2.10. The van der Waals surface area contributed by atoms with E-state index in [0.717, 1.165) is 0 Å². The fourth-order valence-corrected chi connectivity index (χ4v) is 2.31. The summed E-state index contributed by atoms with van der Waals surface area (Å²) >= 11 is 0. The predicted molar refractivity (Wildman–Crippen MR) is 91.0 cm³/mol. The number of fused-ring (bicyclic) bond motifs is 1. The molecule has 6 heteroatoms. The van der Waals surface area contributed by atoms with Gasteiger partial charge in [-0.2, -0.15) is 0 Å². The van der Waals surface area contributed by atoms with E-state index in [1.54, 1.807) is 36.4 Å². The third-order valence-corrected chi connectivity index (χ3v) is 3.48. The van der Waals surface area contributed by atoms with E-state index in [2.05, 4.69) is 10.6 Å². The summed E-state index contributed by atoms with van der Waals surface area (Å²) in [4.78, 5) is 24.0. The highest BCUT2D eigenvalue weighted by Gasteiger charge is 2.15. The molecular formula is C18H14N2O4. The van der Waals surface area contributed by atoms with Gasteiger partial charge in [-0.3, -0.25) is 9.59 Å². The van der Waals surface area contributed by atoms with Gasteiger partial charge in [-0.1, -0.05) is 24.3 Å². The predicted octanol–water partition coefficient (Wildman–Crippen LogP) is 2.83. The minimum Gasteiger partial charge on any atom is -0.508 e. The number of hydrogen-bond donors (Lipinski definition) is 4. The number of rotatable bonds is 2. The Hall–Kier alpha value is -3.54. The summed E-state index contributed by atoms with van der Waals surface area (Å²) in [6.45, 7) is 0. The second-order valence-electron chi connectivity index (χ2n) is 5.13. The summed E-state index contributed by atoms with van der Waals surface area (Å²) in [5, 5.41) is 25.2. The number of phenolic OH excluding ortho intramolecular Hbond substituents is 2. The van der Waals surface area contributed by atoms with E-state index in [-0.39, 0.29) is 11.5 Å². The second kappa shape index (κ2) is 6.29. The quantitative estimate of drug-likeness (QED) is 0.431. The largest absolute Gasteiger partial charge is 0.508 e. The first kappa shape index (κ1) is 15.4. The van der Waals surface area contributed by atoms with Crippen LogP contribution in [-0.4, -0.2) is 22.0 Å². The van der Waals surface area contributed by atoms with Gasteiger partial charge in [0.2, 0.25) is 0 Å². The van der Waals surface area contributed by atoms with Crippen LogP contribution < -0.4 is 10.6 Å². The highest BCUT2D eigenvalue weighted by atomic mass is 16.3. The van der Waals surface area contributed by atoms with Gasteiger partial charge in [-0.25, -0.2) is 0 Å². The number of carbonyl (C=O) groups is 2. The third-order valence-electron chi connectivity index (χ3n) is 3.48. The third kappa shape index (κ3) is 3.12. The van der Waals surface area contributed by atoms with E-state index in [4.69, 9.17) is 0 Å². The van der Waals surface area contributed by atoms with E-state index < -0.39 is 11.8 Å². The molecule has 24 heavy (non-hydrogen) atoms. The average molecular weight is 322 g/mol. The van der Waals surface area contributed by atoms with E-state index >= 15 is 0 Å². The number of aromatic hydroxyl groups is 2. The van der Waals surface area contributed by atoms with E-state index in [1.165, 1.54) is 24.3 Å². The average Bonchev–Trinajstić information content (AvgIpc) is 2.58. The molecule has 0 aliphatic rings. The molecule has 0 aliphatic heterocycles. The number of benzene rings is 3. The molecule has 0 aliphatic carbocycles. The monoisotopic (exact) mass is 322 g/mol. The Labute approximate surface area is 137 Å². The van der Waals surface area contributed by atoms with Crippen LogP contribution in [-0.2, 0) is 9.59 Å². The van der Waals surface area contributed by atoms with Crippen molar-refractivity contribution in [2.24, 2.45) is 0 Å². The van der Waals surface area contributed by atoms with Crippen LogP contribution in [0.4, 0.5) is 11.4 Å². The van der Waals surface area contributed by atoms with Gasteiger partial charge in [-0.05, 0) is 36.4 Å². The van der Waals surface area contributed by atoms with Crippen LogP contribution in [0, 0.1) is 0 Å². The minimum absolute atomic E-state index is 0.0630. The molecule has 6 nitrogen and oxygen atoms in total. The standard InChI is InChI=1S/C18H14N2O4/c21-12-9-7-11(8-10-12)19-17(23)18(24)20-15-5-1-4-14-13(15)3-2-6-16(14)22/h1-10,21-22H,(H,19,23)(H,20,24). The van der Waals surface area contributed by atoms with Crippen LogP contribution in [0.15, 0.2) is 60.7 Å². The molecular weight excluding hydrogens is 308 g/mol. The van der Waals surface area contributed by atoms with Gasteiger partial charge in [0.05, 0.1) is 0 Å². The van der Waals surface area contributed by atoms with E-state index in [0.29, 0.717) is 22.1 Å². The van der Waals surface area contributed by atoms with Gasteiger partial charge < -0.3 is 20.8 Å². The molecule has 0 spiro atoms. The zero-order chi connectivity index (χ0) is 17.1. The molecule has 0 radical (unpaired) electrons. The molecule has 2 amide bonds. The summed E-state index contributed by atoms with van der Waals surface area (Å²) in [6.07, 6.45) is 0. The van der Waals surface area contributed by atoms with Gasteiger partial charge in [0.15, 0.2) is 0 Å². The van der Waals surface area contributed by atoms with E-state index in [1.807, 2.05) is 0 Å². The molecule has 3 rings (SSSR count). The van der Waals surface area contributed by atoms with Crippen LogP contribution in [0.1, 0.15) is 0 Å². The van der Waals surface area contributed by atoms with Crippen molar-refractivity contribution in [2.75, 3.05) is 10.6 Å². The van der Waals surface area contributed by atoms with Crippen LogP contribution in [0.3, 0.4) is 0 Å². The summed E-state index contributed by atoms with van der Waals surface area (Å²) < 4.78 is 0. The minimum atomic E-state index is -0.835. The SMILES string of the molecule is O=C(Nc1ccc(O)cc1)C(=O)Nc1cccc2c(O)cccc12. The molecule has 0 heterocycles. The number of hydrogen-bond acceptors (Lipinski definition) is 4. The van der Waals surface area contributed by atoms with Gasteiger partial charge in [0.1, 0.15) is 11.5 Å². The summed E-state index contributed by atoms with van der Waals surface area (Å²) in [6, 6.07) is 15.8. The van der Waals surface area contributed by atoms with Crippen molar-refractivity contribution in [1.82, 2.24) is 0 Å². The fraction of sp³-hybridized carbons (Fsp3) is 0. The number of phenols is 2. The van der Waals surface area contributed by atoms with Crippen molar-refractivity contribution in [2.45, 2.75) is 0 Å². The Kier molecular flexibility index (Phi) is 4.03. The normalized spacial score (nSPS) is 10.3. The smallest absolute Gasteiger partial charge is 0.314 e. The number of carbonyl (C=O) groups excluding carboxylic acids is 2. The van der Waals surface area contributed by atoms with Crippen molar-refractivity contribution in [3.8, 4) is 11.5 Å². The molecule has 0 unspecified atom stereocenters. The summed E-state index contributed by atoms with van der Waals surface area (Å²) in [7, 11) is 0. The Bertz CT molecular complexity index is 920. The van der Waals surface area contributed by atoms with Gasteiger partial charge in [0.25, 0.3) is 0 Å². The first-order valence-corrected chi connectivity index (χ1v) is 7.16. The first-order chi connectivity index (χ1) is 11.5. The molecule has 0 bridgehead atoms. The lowest BCUT2D eigenvalue weighted by Crippen LogP contribution is -2.29. The van der Waals surface area contributed by atoms with Gasteiger partial charge >= 0.3 is 11.8 Å². The second-order valence-corrected chi connectivity index (χ2v) is 5.13. The van der Waals surface area contributed by atoms with Gasteiger partial charge in [-0.15, -0.1) is 0 Å². The summed E-state index contributed by atoms with van der Waals surface area (Å²) in [5.41, 5.74) is 0.817. The highest BCUT2D eigenvalue weighted by molar-refractivity contribution is 6.44. The molecule has 0 atom stereocenters. The topological polar surface area (TPSA) is 98.7 Å². The van der Waals surface area contributed by atoms with Crippen molar-refractivity contribution >= 4 is 34.0 Å². The Balaban J connectivity index is 1.78. The molecule has 0 fully saturated rings. The molecule has 3 aromatic rings. The Morgan fingerprint density at radius 3 is 2.08 bits per heavy atom. The molecule has 120 valence electrons. The molecule has 0 saturated heterocycles. The fourth-order valence-electron chi connectivity index (χ4n) is 2.31. The maximum absolute atomic E-state index is 12.1.